The maximum atomic E-state index is 13.0. The summed E-state index contributed by atoms with van der Waals surface area (Å²) in [5, 5.41) is 20.5. The van der Waals surface area contributed by atoms with Gasteiger partial charge < -0.3 is 20.3 Å². The zero-order valence-electron chi connectivity index (χ0n) is 12.6. The second kappa shape index (κ2) is 8.73. The van der Waals surface area contributed by atoms with Crippen molar-refractivity contribution in [1.29, 1.82) is 0 Å². The SMILES string of the molecule is CC[C@@H]([C@@H](NC(=O)OCc1ccccc1)[C@H](O)CO)C(F)(F)F. The molecule has 3 atom stereocenters. The van der Waals surface area contributed by atoms with Crippen molar-refractivity contribution in [1.82, 2.24) is 5.32 Å². The van der Waals surface area contributed by atoms with E-state index in [0.717, 1.165) is 0 Å². The van der Waals surface area contributed by atoms with Gasteiger partial charge in [-0.05, 0) is 12.0 Å². The maximum Gasteiger partial charge on any atom is 0.407 e. The zero-order valence-corrected chi connectivity index (χ0v) is 12.6. The molecule has 1 aromatic rings. The first-order chi connectivity index (χ1) is 10.8. The quantitative estimate of drug-likeness (QED) is 0.714. The molecule has 0 spiro atoms. The lowest BCUT2D eigenvalue weighted by molar-refractivity contribution is -0.191. The van der Waals surface area contributed by atoms with Crippen LogP contribution in [0.25, 0.3) is 0 Å². The number of ether oxygens (including phenoxy) is 1. The number of carbonyl (C=O) groups excluding carboxylic acids is 1. The van der Waals surface area contributed by atoms with Crippen LogP contribution in [-0.2, 0) is 11.3 Å². The Labute approximate surface area is 132 Å². The van der Waals surface area contributed by atoms with E-state index in [1.807, 2.05) is 5.32 Å². The van der Waals surface area contributed by atoms with E-state index in [-0.39, 0.29) is 13.0 Å². The second-order valence-electron chi connectivity index (χ2n) is 5.04. The van der Waals surface area contributed by atoms with Crippen LogP contribution in [0.3, 0.4) is 0 Å². The Morgan fingerprint density at radius 2 is 1.91 bits per heavy atom. The van der Waals surface area contributed by atoms with Gasteiger partial charge in [0.25, 0.3) is 0 Å². The standard InChI is InChI=1S/C15H20F3NO4/c1-2-11(15(16,17)18)13(12(21)8-20)19-14(22)23-9-10-6-4-3-5-7-10/h3-7,11-13,20-21H,2,8-9H2,1H3,(H,19,22)/t11-,12+,13+/m0/s1. The molecule has 0 fully saturated rings. The van der Waals surface area contributed by atoms with Gasteiger partial charge in [0, 0.05) is 0 Å². The van der Waals surface area contributed by atoms with Crippen LogP contribution in [0.15, 0.2) is 30.3 Å². The molecule has 0 aromatic heterocycles. The Morgan fingerprint density at radius 1 is 1.30 bits per heavy atom. The van der Waals surface area contributed by atoms with E-state index in [1.54, 1.807) is 30.3 Å². The first kappa shape index (κ1) is 19.2. The molecule has 0 saturated heterocycles. The molecule has 3 N–H and O–H groups in total. The summed E-state index contributed by atoms with van der Waals surface area (Å²) in [6.45, 7) is 0.264. The van der Waals surface area contributed by atoms with Crippen LogP contribution in [0.2, 0.25) is 0 Å². The van der Waals surface area contributed by atoms with Crippen LogP contribution in [-0.4, -0.2) is 41.2 Å². The molecule has 1 aromatic carbocycles. The van der Waals surface area contributed by atoms with Gasteiger partial charge in [-0.15, -0.1) is 0 Å². The predicted octanol–water partition coefficient (Wildman–Crippen LogP) is 2.22. The van der Waals surface area contributed by atoms with Gasteiger partial charge >= 0.3 is 12.3 Å². The maximum absolute atomic E-state index is 13.0. The average Bonchev–Trinajstić information content (AvgIpc) is 2.51. The van der Waals surface area contributed by atoms with E-state index in [9.17, 15) is 23.1 Å². The summed E-state index contributed by atoms with van der Waals surface area (Å²) in [7, 11) is 0. The molecular formula is C15H20F3NO4. The molecule has 1 rings (SSSR count). The molecule has 0 saturated carbocycles. The second-order valence-corrected chi connectivity index (χ2v) is 5.04. The predicted molar refractivity (Wildman–Crippen MR) is 76.5 cm³/mol. The molecule has 0 aliphatic heterocycles. The van der Waals surface area contributed by atoms with Crippen molar-refractivity contribution in [3.63, 3.8) is 0 Å². The summed E-state index contributed by atoms with van der Waals surface area (Å²) >= 11 is 0. The van der Waals surface area contributed by atoms with Crippen LogP contribution in [0.4, 0.5) is 18.0 Å². The van der Waals surface area contributed by atoms with Gasteiger partial charge in [-0.25, -0.2) is 4.79 Å². The highest BCUT2D eigenvalue weighted by atomic mass is 19.4. The van der Waals surface area contributed by atoms with E-state index in [2.05, 4.69) is 0 Å². The number of hydrogen-bond acceptors (Lipinski definition) is 4. The van der Waals surface area contributed by atoms with Crippen molar-refractivity contribution < 1.29 is 32.9 Å². The van der Waals surface area contributed by atoms with Crippen molar-refractivity contribution in [2.45, 2.75) is 38.3 Å². The molecule has 0 unspecified atom stereocenters. The first-order valence-electron chi connectivity index (χ1n) is 7.12. The van der Waals surface area contributed by atoms with Crippen molar-refractivity contribution in [3.05, 3.63) is 35.9 Å². The monoisotopic (exact) mass is 335 g/mol. The van der Waals surface area contributed by atoms with Gasteiger partial charge in [0.1, 0.15) is 6.61 Å². The molecule has 0 aliphatic rings. The van der Waals surface area contributed by atoms with E-state index in [0.29, 0.717) is 5.56 Å². The molecule has 0 aliphatic carbocycles. The number of alkyl halides is 3. The fraction of sp³-hybridized carbons (Fsp3) is 0.533. The van der Waals surface area contributed by atoms with Gasteiger partial charge in [-0.3, -0.25) is 0 Å². The summed E-state index contributed by atoms with van der Waals surface area (Å²) in [4.78, 5) is 11.7. The number of carbonyl (C=O) groups is 1. The van der Waals surface area contributed by atoms with Gasteiger partial charge in [0.15, 0.2) is 0 Å². The number of aliphatic hydroxyl groups is 2. The Hall–Kier alpha value is -1.80. The topological polar surface area (TPSA) is 78.8 Å². The molecule has 23 heavy (non-hydrogen) atoms. The molecule has 1 amide bonds. The Kier molecular flexibility index (Phi) is 7.31. The molecule has 0 heterocycles. The lowest BCUT2D eigenvalue weighted by Gasteiger charge is -2.31. The third kappa shape index (κ3) is 6.07. The van der Waals surface area contributed by atoms with E-state index >= 15 is 0 Å². The van der Waals surface area contributed by atoms with Crippen LogP contribution >= 0.6 is 0 Å². The summed E-state index contributed by atoms with van der Waals surface area (Å²) in [5.74, 6) is -1.99. The highest BCUT2D eigenvalue weighted by molar-refractivity contribution is 5.67. The zero-order chi connectivity index (χ0) is 17.5. The number of halogens is 3. The minimum absolute atomic E-state index is 0.114. The third-order valence-electron chi connectivity index (χ3n) is 3.39. The highest BCUT2D eigenvalue weighted by Crippen LogP contribution is 2.32. The first-order valence-corrected chi connectivity index (χ1v) is 7.12. The molecule has 130 valence electrons. The number of hydrogen-bond donors (Lipinski definition) is 3. The number of nitrogens with one attached hydrogen (secondary N) is 1. The summed E-state index contributed by atoms with van der Waals surface area (Å²) in [6, 6.07) is 6.92. The normalized spacial score (nSPS) is 15.6. The number of alkyl carbamates (subject to hydrolysis) is 1. The van der Waals surface area contributed by atoms with Crippen molar-refractivity contribution in [2.24, 2.45) is 5.92 Å². The largest absolute Gasteiger partial charge is 0.445 e. The van der Waals surface area contributed by atoms with Gasteiger partial charge in [0.2, 0.25) is 0 Å². The van der Waals surface area contributed by atoms with Crippen molar-refractivity contribution >= 4 is 6.09 Å². The minimum atomic E-state index is -4.62. The summed E-state index contributed by atoms with van der Waals surface area (Å²) in [6.07, 6.45) is -7.81. The minimum Gasteiger partial charge on any atom is -0.445 e. The molecule has 5 nitrogen and oxygen atoms in total. The fourth-order valence-corrected chi connectivity index (χ4v) is 2.17. The number of rotatable bonds is 7. The van der Waals surface area contributed by atoms with E-state index in [1.165, 1.54) is 6.92 Å². The lowest BCUT2D eigenvalue weighted by Crippen LogP contribution is -2.53. The highest BCUT2D eigenvalue weighted by Gasteiger charge is 2.46. The number of amides is 1. The Morgan fingerprint density at radius 3 is 2.39 bits per heavy atom. The molecule has 0 bridgehead atoms. The smallest absolute Gasteiger partial charge is 0.407 e. The van der Waals surface area contributed by atoms with Crippen molar-refractivity contribution in [2.75, 3.05) is 6.61 Å². The Balaban J connectivity index is 2.71. The summed E-state index contributed by atoms with van der Waals surface area (Å²) in [5.41, 5.74) is 0.671. The van der Waals surface area contributed by atoms with Gasteiger partial charge in [0.05, 0.1) is 24.7 Å². The molecular weight excluding hydrogens is 315 g/mol. The molecule has 0 radical (unpaired) electrons. The summed E-state index contributed by atoms with van der Waals surface area (Å²) < 4.78 is 43.8. The van der Waals surface area contributed by atoms with E-state index < -0.39 is 36.9 Å². The average molecular weight is 335 g/mol. The van der Waals surface area contributed by atoms with Crippen molar-refractivity contribution in [3.8, 4) is 0 Å². The van der Waals surface area contributed by atoms with Crippen LogP contribution in [0, 0.1) is 5.92 Å². The number of benzene rings is 1. The van der Waals surface area contributed by atoms with Gasteiger partial charge in [-0.1, -0.05) is 37.3 Å². The molecule has 8 heteroatoms. The van der Waals surface area contributed by atoms with Crippen LogP contribution < -0.4 is 5.32 Å². The lowest BCUT2D eigenvalue weighted by atomic mass is 9.92. The third-order valence-corrected chi connectivity index (χ3v) is 3.39. The van der Waals surface area contributed by atoms with Crippen LogP contribution in [0.1, 0.15) is 18.9 Å². The van der Waals surface area contributed by atoms with Gasteiger partial charge in [-0.2, -0.15) is 13.2 Å². The van der Waals surface area contributed by atoms with E-state index in [4.69, 9.17) is 9.84 Å². The number of aliphatic hydroxyl groups excluding tert-OH is 2. The van der Waals surface area contributed by atoms with Crippen LogP contribution in [0.5, 0.6) is 0 Å². The Bertz CT molecular complexity index is 481. The fourth-order valence-electron chi connectivity index (χ4n) is 2.17.